The molecule has 1 aromatic carbocycles. The molecule has 0 amide bonds. The van der Waals surface area contributed by atoms with E-state index in [4.69, 9.17) is 21.1 Å². The molecule has 88 valence electrons. The van der Waals surface area contributed by atoms with Crippen LogP contribution in [-0.2, 0) is 0 Å². The zero-order valence-corrected chi connectivity index (χ0v) is 10.2. The van der Waals surface area contributed by atoms with E-state index in [9.17, 15) is 0 Å². The molecule has 0 bridgehead atoms. The molecule has 0 aliphatic heterocycles. The predicted octanol–water partition coefficient (Wildman–Crippen LogP) is 2.81. The molecule has 0 fully saturated rings. The highest BCUT2D eigenvalue weighted by molar-refractivity contribution is 6.29. The number of nitrogens with zero attached hydrogens (tertiary/aromatic N) is 2. The number of benzene rings is 1. The van der Waals surface area contributed by atoms with Gasteiger partial charge in [0.05, 0.1) is 14.2 Å². The van der Waals surface area contributed by atoms with E-state index in [1.807, 2.05) is 12.1 Å². The normalized spacial score (nSPS) is 10.1. The van der Waals surface area contributed by atoms with Crippen molar-refractivity contribution in [1.29, 1.82) is 0 Å². The molecule has 0 aliphatic carbocycles. The number of halogens is 1. The van der Waals surface area contributed by atoms with Crippen LogP contribution in [0.5, 0.6) is 11.5 Å². The number of hydrogen-bond acceptors (Lipinski definition) is 4. The Bertz CT molecular complexity index is 509. The lowest BCUT2D eigenvalue weighted by Crippen LogP contribution is -1.92. The third kappa shape index (κ3) is 2.65. The van der Waals surface area contributed by atoms with Gasteiger partial charge in [0.25, 0.3) is 0 Å². The molecule has 0 spiro atoms. The van der Waals surface area contributed by atoms with Crippen LogP contribution in [0.4, 0.5) is 0 Å². The summed E-state index contributed by atoms with van der Waals surface area (Å²) in [6.07, 6.45) is 1.61. The summed E-state index contributed by atoms with van der Waals surface area (Å²) in [4.78, 5) is 8.29. The first kappa shape index (κ1) is 11.7. The third-order valence-corrected chi connectivity index (χ3v) is 2.44. The summed E-state index contributed by atoms with van der Waals surface area (Å²) in [5.41, 5.74) is 0.795. The van der Waals surface area contributed by atoms with Gasteiger partial charge in [-0.3, -0.25) is 0 Å². The average Bonchev–Trinajstić information content (AvgIpc) is 2.38. The van der Waals surface area contributed by atoms with Crippen LogP contribution in [0.1, 0.15) is 0 Å². The zero-order chi connectivity index (χ0) is 12.3. The van der Waals surface area contributed by atoms with Crippen molar-refractivity contribution in [3.8, 4) is 22.9 Å². The van der Waals surface area contributed by atoms with Crippen LogP contribution in [0.3, 0.4) is 0 Å². The van der Waals surface area contributed by atoms with Crippen LogP contribution in [0.2, 0.25) is 5.15 Å². The Morgan fingerprint density at radius 2 is 1.71 bits per heavy atom. The van der Waals surface area contributed by atoms with Crippen LogP contribution in [0, 0.1) is 0 Å². The molecule has 0 saturated heterocycles. The fourth-order valence-corrected chi connectivity index (χ4v) is 1.55. The van der Waals surface area contributed by atoms with E-state index in [2.05, 4.69) is 9.97 Å². The van der Waals surface area contributed by atoms with Crippen LogP contribution in [-0.4, -0.2) is 24.2 Å². The lowest BCUT2D eigenvalue weighted by Gasteiger charge is -2.07. The molecule has 2 rings (SSSR count). The van der Waals surface area contributed by atoms with Crippen molar-refractivity contribution in [3.63, 3.8) is 0 Å². The van der Waals surface area contributed by atoms with E-state index in [1.165, 1.54) is 0 Å². The van der Waals surface area contributed by atoms with Gasteiger partial charge in [-0.05, 0) is 18.2 Å². The molecule has 2 aromatic rings. The zero-order valence-electron chi connectivity index (χ0n) is 9.48. The van der Waals surface area contributed by atoms with Gasteiger partial charge in [0.1, 0.15) is 16.7 Å². The van der Waals surface area contributed by atoms with E-state index in [0.717, 1.165) is 5.56 Å². The summed E-state index contributed by atoms with van der Waals surface area (Å²) in [5, 5.41) is 0.400. The summed E-state index contributed by atoms with van der Waals surface area (Å²) in [7, 11) is 3.19. The molecule has 0 N–H and O–H groups in total. The van der Waals surface area contributed by atoms with Gasteiger partial charge in [0.15, 0.2) is 5.82 Å². The van der Waals surface area contributed by atoms with Crippen LogP contribution >= 0.6 is 11.6 Å². The van der Waals surface area contributed by atoms with E-state index < -0.39 is 0 Å². The van der Waals surface area contributed by atoms with E-state index >= 15 is 0 Å². The van der Waals surface area contributed by atoms with Crippen molar-refractivity contribution < 1.29 is 9.47 Å². The topological polar surface area (TPSA) is 44.2 Å². The monoisotopic (exact) mass is 250 g/mol. The van der Waals surface area contributed by atoms with Gasteiger partial charge in [-0.2, -0.15) is 0 Å². The largest absolute Gasteiger partial charge is 0.497 e. The Hall–Kier alpha value is -1.81. The highest BCUT2D eigenvalue weighted by atomic mass is 35.5. The maximum Gasteiger partial charge on any atom is 0.161 e. The highest BCUT2D eigenvalue weighted by Gasteiger charge is 2.06. The SMILES string of the molecule is COc1cc(OC)cc(-c2nccc(Cl)n2)c1. The van der Waals surface area contributed by atoms with Crippen LogP contribution in [0.25, 0.3) is 11.4 Å². The Kier molecular flexibility index (Phi) is 3.44. The second-order valence-corrected chi connectivity index (χ2v) is 3.69. The van der Waals surface area contributed by atoms with Crippen molar-refractivity contribution in [2.45, 2.75) is 0 Å². The van der Waals surface area contributed by atoms with E-state index in [-0.39, 0.29) is 0 Å². The lowest BCUT2D eigenvalue weighted by molar-refractivity contribution is 0.394. The molecular formula is C12H11ClN2O2. The molecule has 1 heterocycles. The minimum absolute atomic E-state index is 0.400. The fraction of sp³-hybridized carbons (Fsp3) is 0.167. The van der Waals surface area contributed by atoms with E-state index in [1.54, 1.807) is 32.5 Å². The Labute approximate surface area is 104 Å². The second-order valence-electron chi connectivity index (χ2n) is 3.30. The molecule has 4 nitrogen and oxygen atoms in total. The highest BCUT2D eigenvalue weighted by Crippen LogP contribution is 2.28. The fourth-order valence-electron chi connectivity index (χ4n) is 1.41. The van der Waals surface area contributed by atoms with Crippen molar-refractivity contribution >= 4 is 11.6 Å². The van der Waals surface area contributed by atoms with Gasteiger partial charge >= 0.3 is 0 Å². The summed E-state index contributed by atoms with van der Waals surface area (Å²) in [6.45, 7) is 0. The van der Waals surface area contributed by atoms with Crippen molar-refractivity contribution in [2.24, 2.45) is 0 Å². The third-order valence-electron chi connectivity index (χ3n) is 2.23. The summed E-state index contributed by atoms with van der Waals surface area (Å²) < 4.78 is 10.4. The van der Waals surface area contributed by atoms with Crippen molar-refractivity contribution in [3.05, 3.63) is 35.6 Å². The summed E-state index contributed by atoms with van der Waals surface area (Å²) in [5.74, 6) is 1.90. The first-order chi connectivity index (χ1) is 8.22. The Morgan fingerprint density at radius 3 is 2.24 bits per heavy atom. The van der Waals surface area contributed by atoms with Gasteiger partial charge in [-0.15, -0.1) is 0 Å². The van der Waals surface area contributed by atoms with Gasteiger partial charge in [-0.1, -0.05) is 11.6 Å². The molecule has 0 atom stereocenters. The molecular weight excluding hydrogens is 240 g/mol. The molecule has 1 aromatic heterocycles. The summed E-state index contributed by atoms with van der Waals surface area (Å²) in [6, 6.07) is 7.07. The molecule has 17 heavy (non-hydrogen) atoms. The number of aromatic nitrogens is 2. The minimum Gasteiger partial charge on any atom is -0.497 e. The average molecular weight is 251 g/mol. The Balaban J connectivity index is 2.50. The van der Waals surface area contributed by atoms with Crippen LogP contribution < -0.4 is 9.47 Å². The number of hydrogen-bond donors (Lipinski definition) is 0. The number of methoxy groups -OCH3 is 2. The summed E-state index contributed by atoms with van der Waals surface area (Å²) >= 11 is 5.83. The predicted molar refractivity (Wildman–Crippen MR) is 65.6 cm³/mol. The maximum absolute atomic E-state index is 5.83. The van der Waals surface area contributed by atoms with Gasteiger partial charge in [0, 0.05) is 17.8 Å². The standard InChI is InChI=1S/C12H11ClN2O2/c1-16-9-5-8(6-10(7-9)17-2)12-14-4-3-11(13)15-12/h3-7H,1-2H3. The quantitative estimate of drug-likeness (QED) is 0.786. The van der Waals surface area contributed by atoms with Crippen molar-refractivity contribution in [1.82, 2.24) is 9.97 Å². The molecule has 0 radical (unpaired) electrons. The van der Waals surface area contributed by atoms with Gasteiger partial charge < -0.3 is 9.47 Å². The van der Waals surface area contributed by atoms with Gasteiger partial charge in [0.2, 0.25) is 0 Å². The molecule has 0 saturated carbocycles. The first-order valence-corrected chi connectivity index (χ1v) is 5.32. The molecule has 5 heteroatoms. The minimum atomic E-state index is 0.400. The second kappa shape index (κ2) is 5.01. The molecule has 0 aliphatic rings. The number of rotatable bonds is 3. The lowest BCUT2D eigenvalue weighted by atomic mass is 10.2. The first-order valence-electron chi connectivity index (χ1n) is 4.95. The number of ether oxygens (including phenoxy) is 2. The van der Waals surface area contributed by atoms with Gasteiger partial charge in [-0.25, -0.2) is 9.97 Å². The molecule has 0 unspecified atom stereocenters. The maximum atomic E-state index is 5.83. The van der Waals surface area contributed by atoms with E-state index in [0.29, 0.717) is 22.5 Å². The smallest absolute Gasteiger partial charge is 0.161 e. The Morgan fingerprint density at radius 1 is 1.06 bits per heavy atom. The van der Waals surface area contributed by atoms with Crippen LogP contribution in [0.15, 0.2) is 30.5 Å². The van der Waals surface area contributed by atoms with Crippen molar-refractivity contribution in [2.75, 3.05) is 14.2 Å².